The molecule has 0 radical (unpaired) electrons. The third-order valence-electron chi connectivity index (χ3n) is 2.85. The number of carbonyl (C=O) groups is 2. The molecule has 2 amide bonds. The molecule has 0 heterocycles. The van der Waals surface area contributed by atoms with Crippen LogP contribution in [-0.4, -0.2) is 12.2 Å². The normalized spacial score (nSPS) is 9.91. The van der Waals surface area contributed by atoms with E-state index in [0.29, 0.717) is 5.69 Å². The van der Waals surface area contributed by atoms with Crippen LogP contribution in [0.1, 0.15) is 11.1 Å². The molecular formula is C16H16N2O4. The van der Waals surface area contributed by atoms with Crippen molar-refractivity contribution >= 4 is 17.9 Å². The molecule has 0 aliphatic heterocycles. The van der Waals surface area contributed by atoms with Crippen LogP contribution in [0.2, 0.25) is 0 Å². The highest BCUT2D eigenvalue weighted by Crippen LogP contribution is 2.24. The first-order chi connectivity index (χ1) is 10.4. The molecule has 0 aromatic heterocycles. The minimum absolute atomic E-state index is 0.205. The van der Waals surface area contributed by atoms with Crippen LogP contribution < -0.4 is 20.5 Å². The van der Waals surface area contributed by atoms with Gasteiger partial charge in [0.05, 0.1) is 0 Å². The molecule has 22 heavy (non-hydrogen) atoms. The maximum absolute atomic E-state index is 11.9. The van der Waals surface area contributed by atoms with Crippen molar-refractivity contribution in [3.8, 4) is 11.5 Å². The largest absolute Gasteiger partial charge is 0.417 e. The van der Waals surface area contributed by atoms with Crippen LogP contribution in [0.3, 0.4) is 0 Å². The fourth-order valence-electron chi connectivity index (χ4n) is 1.84. The van der Waals surface area contributed by atoms with E-state index in [0.717, 1.165) is 11.1 Å². The van der Waals surface area contributed by atoms with E-state index in [9.17, 15) is 9.59 Å². The number of primary amides is 1. The molecule has 6 heteroatoms. The molecule has 0 aliphatic rings. The van der Waals surface area contributed by atoms with Crippen molar-refractivity contribution in [2.45, 2.75) is 13.8 Å². The van der Waals surface area contributed by atoms with Gasteiger partial charge < -0.3 is 15.2 Å². The zero-order valence-electron chi connectivity index (χ0n) is 12.3. The van der Waals surface area contributed by atoms with Crippen molar-refractivity contribution in [3.63, 3.8) is 0 Å². The summed E-state index contributed by atoms with van der Waals surface area (Å²) in [6.07, 6.45) is -1.57. The SMILES string of the molecule is Cc1cccc(NC(=O)Oc2cc(OC(N)=O)ccc2C)c1. The number of rotatable bonds is 3. The molecule has 0 atom stereocenters. The van der Waals surface area contributed by atoms with Crippen LogP contribution >= 0.6 is 0 Å². The van der Waals surface area contributed by atoms with Gasteiger partial charge in [-0.25, -0.2) is 9.59 Å². The van der Waals surface area contributed by atoms with E-state index in [1.54, 1.807) is 25.1 Å². The maximum atomic E-state index is 11.9. The molecule has 0 spiro atoms. The third kappa shape index (κ3) is 4.24. The van der Waals surface area contributed by atoms with Crippen LogP contribution in [0.15, 0.2) is 42.5 Å². The molecule has 3 N–H and O–H groups in total. The quantitative estimate of drug-likeness (QED) is 0.909. The van der Waals surface area contributed by atoms with Crippen molar-refractivity contribution in [1.82, 2.24) is 0 Å². The molecular weight excluding hydrogens is 284 g/mol. The molecule has 2 aromatic carbocycles. The summed E-state index contributed by atoms with van der Waals surface area (Å²) in [5.74, 6) is 0.486. The Bertz CT molecular complexity index is 713. The molecule has 0 fully saturated rings. The second-order valence-corrected chi connectivity index (χ2v) is 4.73. The van der Waals surface area contributed by atoms with Gasteiger partial charge in [-0.1, -0.05) is 18.2 Å². The number of amides is 2. The van der Waals surface area contributed by atoms with Gasteiger partial charge in [0.15, 0.2) is 0 Å². The van der Waals surface area contributed by atoms with Gasteiger partial charge in [0.1, 0.15) is 11.5 Å². The number of ether oxygens (including phenoxy) is 2. The van der Waals surface area contributed by atoms with Gasteiger partial charge in [-0.15, -0.1) is 0 Å². The summed E-state index contributed by atoms with van der Waals surface area (Å²) >= 11 is 0. The Labute approximate surface area is 127 Å². The summed E-state index contributed by atoms with van der Waals surface area (Å²) in [5, 5.41) is 2.63. The average molecular weight is 300 g/mol. The molecule has 0 aliphatic carbocycles. The lowest BCUT2D eigenvalue weighted by molar-refractivity contribution is 0.210. The Morgan fingerprint density at radius 3 is 2.50 bits per heavy atom. The van der Waals surface area contributed by atoms with Crippen LogP contribution in [0.5, 0.6) is 11.5 Å². The Kier molecular flexibility index (Phi) is 4.63. The Hall–Kier alpha value is -3.02. The lowest BCUT2D eigenvalue weighted by atomic mass is 10.2. The molecule has 0 bridgehead atoms. The van der Waals surface area contributed by atoms with Gasteiger partial charge in [-0.05, 0) is 43.2 Å². The summed E-state index contributed by atoms with van der Waals surface area (Å²) in [4.78, 5) is 22.7. The van der Waals surface area contributed by atoms with Crippen LogP contribution in [0.25, 0.3) is 0 Å². The third-order valence-corrected chi connectivity index (χ3v) is 2.85. The van der Waals surface area contributed by atoms with Gasteiger partial charge in [0, 0.05) is 11.8 Å². The molecule has 2 aromatic rings. The van der Waals surface area contributed by atoms with E-state index in [1.165, 1.54) is 6.07 Å². The van der Waals surface area contributed by atoms with Gasteiger partial charge in [0.25, 0.3) is 0 Å². The number of hydrogen-bond donors (Lipinski definition) is 2. The summed E-state index contributed by atoms with van der Waals surface area (Å²) in [5.41, 5.74) is 7.32. The molecule has 0 unspecified atom stereocenters. The fraction of sp³-hybridized carbons (Fsp3) is 0.125. The van der Waals surface area contributed by atoms with E-state index < -0.39 is 12.2 Å². The Morgan fingerprint density at radius 2 is 1.82 bits per heavy atom. The van der Waals surface area contributed by atoms with E-state index in [-0.39, 0.29) is 11.5 Å². The first kappa shape index (κ1) is 15.4. The minimum Gasteiger partial charge on any atom is -0.410 e. The van der Waals surface area contributed by atoms with E-state index >= 15 is 0 Å². The standard InChI is InChI=1S/C16H16N2O4/c1-10-4-3-5-12(8-10)18-16(20)22-14-9-13(21-15(17)19)7-6-11(14)2/h3-9H,1-2H3,(H2,17,19)(H,18,20). The van der Waals surface area contributed by atoms with E-state index in [2.05, 4.69) is 5.32 Å². The first-order valence-corrected chi connectivity index (χ1v) is 6.57. The zero-order chi connectivity index (χ0) is 16.1. The van der Waals surface area contributed by atoms with Gasteiger partial charge in [-0.2, -0.15) is 0 Å². The second kappa shape index (κ2) is 6.62. The molecule has 6 nitrogen and oxygen atoms in total. The van der Waals surface area contributed by atoms with Crippen molar-refractivity contribution in [1.29, 1.82) is 0 Å². The van der Waals surface area contributed by atoms with Crippen LogP contribution in [0.4, 0.5) is 15.3 Å². The summed E-state index contributed by atoms with van der Waals surface area (Å²) < 4.78 is 9.98. The number of carbonyl (C=O) groups excluding carboxylic acids is 2. The number of benzene rings is 2. The van der Waals surface area contributed by atoms with Gasteiger partial charge in [0.2, 0.25) is 0 Å². The molecule has 0 saturated carbocycles. The number of nitrogens with two attached hydrogens (primary N) is 1. The number of nitrogens with one attached hydrogen (secondary N) is 1. The highest BCUT2D eigenvalue weighted by molar-refractivity contribution is 5.86. The maximum Gasteiger partial charge on any atom is 0.417 e. The molecule has 114 valence electrons. The monoisotopic (exact) mass is 300 g/mol. The van der Waals surface area contributed by atoms with Crippen molar-refractivity contribution < 1.29 is 19.1 Å². The predicted molar refractivity (Wildman–Crippen MR) is 82.2 cm³/mol. The van der Waals surface area contributed by atoms with Crippen molar-refractivity contribution in [2.24, 2.45) is 5.73 Å². The van der Waals surface area contributed by atoms with Gasteiger partial charge in [-0.3, -0.25) is 5.32 Å². The minimum atomic E-state index is -0.931. The summed E-state index contributed by atoms with van der Waals surface area (Å²) in [6, 6.07) is 12.0. The molecule has 0 saturated heterocycles. The topological polar surface area (TPSA) is 90.7 Å². The Morgan fingerprint density at radius 1 is 1.05 bits per heavy atom. The highest BCUT2D eigenvalue weighted by atomic mass is 16.6. The summed E-state index contributed by atoms with van der Waals surface area (Å²) in [7, 11) is 0. The smallest absolute Gasteiger partial charge is 0.410 e. The number of hydrogen-bond acceptors (Lipinski definition) is 4. The average Bonchev–Trinajstić information content (AvgIpc) is 2.42. The number of aryl methyl sites for hydroxylation is 2. The zero-order valence-corrected chi connectivity index (χ0v) is 12.3. The number of anilines is 1. The lowest BCUT2D eigenvalue weighted by Gasteiger charge is -2.10. The van der Waals surface area contributed by atoms with Crippen molar-refractivity contribution in [2.75, 3.05) is 5.32 Å². The Balaban J connectivity index is 2.09. The first-order valence-electron chi connectivity index (χ1n) is 6.57. The van der Waals surface area contributed by atoms with Gasteiger partial charge >= 0.3 is 12.2 Å². The van der Waals surface area contributed by atoms with Crippen LogP contribution in [0, 0.1) is 13.8 Å². The fourth-order valence-corrected chi connectivity index (χ4v) is 1.84. The van der Waals surface area contributed by atoms with E-state index in [1.807, 2.05) is 25.1 Å². The van der Waals surface area contributed by atoms with Crippen LogP contribution in [-0.2, 0) is 0 Å². The van der Waals surface area contributed by atoms with E-state index in [4.69, 9.17) is 15.2 Å². The van der Waals surface area contributed by atoms with Crippen molar-refractivity contribution in [3.05, 3.63) is 53.6 Å². The highest BCUT2D eigenvalue weighted by Gasteiger charge is 2.10. The summed E-state index contributed by atoms with van der Waals surface area (Å²) in [6.45, 7) is 3.69. The second-order valence-electron chi connectivity index (χ2n) is 4.73. The lowest BCUT2D eigenvalue weighted by Crippen LogP contribution is -2.18. The molecule has 2 rings (SSSR count). The predicted octanol–water partition coefficient (Wildman–Crippen LogP) is 3.37.